The standard InChI is InChI=1S/C12H14N5O7P.Na/c18-8-6(3-23-25(20,21)22)24-12(9(8)19)17-5-14-7-10-13-1-2-16(10)4-15-11(7)17;/h1-2,4-6,8-9,12,18-19H,3H2,(H2,20,21,22);/t6-,8-,9-,12?;/m1./s1. The van der Waals surface area contributed by atoms with Gasteiger partial charge in [0.1, 0.15) is 24.6 Å². The third-order valence-corrected chi connectivity index (χ3v) is 4.46. The van der Waals surface area contributed by atoms with Crippen LogP contribution < -0.4 is 0 Å². The van der Waals surface area contributed by atoms with Crippen LogP contribution in [0.5, 0.6) is 0 Å². The zero-order chi connectivity index (χ0) is 17.8. The molecule has 0 spiro atoms. The molecule has 1 radical (unpaired) electrons. The van der Waals surface area contributed by atoms with Crippen LogP contribution in [0.1, 0.15) is 6.23 Å². The maximum absolute atomic E-state index is 10.8. The zero-order valence-corrected chi connectivity index (χ0v) is 16.4. The molecule has 14 heteroatoms. The van der Waals surface area contributed by atoms with Gasteiger partial charge in [0.15, 0.2) is 23.0 Å². The molecule has 0 aromatic carbocycles. The first-order valence-corrected chi connectivity index (χ1v) is 8.74. The van der Waals surface area contributed by atoms with Crippen LogP contribution >= 0.6 is 7.82 Å². The summed E-state index contributed by atoms with van der Waals surface area (Å²) < 4.78 is 23.8. The van der Waals surface area contributed by atoms with Gasteiger partial charge in [-0.3, -0.25) is 13.5 Å². The van der Waals surface area contributed by atoms with Gasteiger partial charge in [0.05, 0.1) is 12.9 Å². The van der Waals surface area contributed by atoms with E-state index in [-0.39, 0.29) is 29.6 Å². The fourth-order valence-electron chi connectivity index (χ4n) is 2.80. The van der Waals surface area contributed by atoms with Crippen LogP contribution in [0.15, 0.2) is 25.0 Å². The van der Waals surface area contributed by atoms with E-state index in [9.17, 15) is 14.8 Å². The van der Waals surface area contributed by atoms with Crippen molar-refractivity contribution in [3.8, 4) is 0 Å². The van der Waals surface area contributed by atoms with Crippen molar-refractivity contribution in [2.75, 3.05) is 6.61 Å². The Morgan fingerprint density at radius 1 is 1.15 bits per heavy atom. The molecule has 0 aliphatic carbocycles. The molecule has 1 aliphatic heterocycles. The number of aromatic nitrogens is 5. The van der Waals surface area contributed by atoms with E-state index in [2.05, 4.69) is 19.5 Å². The topological polar surface area (TPSA) is 164 Å². The van der Waals surface area contributed by atoms with Crippen molar-refractivity contribution in [2.45, 2.75) is 24.5 Å². The molecule has 4 rings (SSSR count). The number of phosphoric ester groups is 1. The molecule has 4 heterocycles. The summed E-state index contributed by atoms with van der Waals surface area (Å²) >= 11 is 0. The third kappa shape index (κ3) is 3.45. The van der Waals surface area contributed by atoms with E-state index in [1.807, 2.05) is 0 Å². The number of aliphatic hydroxyl groups excluding tert-OH is 2. The van der Waals surface area contributed by atoms with Crippen molar-refractivity contribution >= 4 is 54.2 Å². The number of nitrogens with zero attached hydrogens (tertiary/aromatic N) is 5. The van der Waals surface area contributed by atoms with Gasteiger partial charge in [-0.2, -0.15) is 0 Å². The molecule has 1 fully saturated rings. The Labute approximate surface area is 167 Å². The number of rotatable bonds is 4. The second kappa shape index (κ2) is 7.24. The van der Waals surface area contributed by atoms with Crippen LogP contribution in [0.2, 0.25) is 0 Å². The van der Waals surface area contributed by atoms with Crippen molar-refractivity contribution in [1.82, 2.24) is 23.9 Å². The van der Waals surface area contributed by atoms with Gasteiger partial charge >= 0.3 is 7.82 Å². The molecule has 1 aliphatic rings. The predicted octanol–water partition coefficient (Wildman–Crippen LogP) is -1.57. The van der Waals surface area contributed by atoms with Crippen molar-refractivity contribution < 1.29 is 33.8 Å². The Morgan fingerprint density at radius 2 is 1.92 bits per heavy atom. The summed E-state index contributed by atoms with van der Waals surface area (Å²) in [6, 6.07) is 0. The van der Waals surface area contributed by atoms with E-state index in [1.54, 1.807) is 16.8 Å². The Hall–Kier alpha value is -0.920. The molecular formula is C12H14N5NaO7P. The molecule has 0 amide bonds. The summed E-state index contributed by atoms with van der Waals surface area (Å²) in [5.74, 6) is 0. The van der Waals surface area contributed by atoms with Gasteiger partial charge in [-0.25, -0.2) is 19.5 Å². The quantitative estimate of drug-likeness (QED) is 0.300. The van der Waals surface area contributed by atoms with E-state index < -0.39 is 39.0 Å². The van der Waals surface area contributed by atoms with Crippen LogP contribution in [-0.2, 0) is 13.8 Å². The number of hydrogen-bond acceptors (Lipinski definition) is 8. The molecule has 0 saturated carbocycles. The predicted molar refractivity (Wildman–Crippen MR) is 86.0 cm³/mol. The molecule has 0 bridgehead atoms. The van der Waals surface area contributed by atoms with E-state index in [4.69, 9.17) is 14.5 Å². The average Bonchev–Trinajstić information content (AvgIpc) is 3.23. The van der Waals surface area contributed by atoms with Gasteiger partial charge in [-0.1, -0.05) is 0 Å². The molecule has 26 heavy (non-hydrogen) atoms. The third-order valence-electron chi connectivity index (χ3n) is 3.97. The summed E-state index contributed by atoms with van der Waals surface area (Å²) in [6.07, 6.45) is 1.28. The minimum Gasteiger partial charge on any atom is -0.387 e. The molecular weight excluding hydrogens is 380 g/mol. The largest absolute Gasteiger partial charge is 0.469 e. The zero-order valence-electron chi connectivity index (χ0n) is 13.5. The van der Waals surface area contributed by atoms with Crippen molar-refractivity contribution in [3.63, 3.8) is 0 Å². The molecule has 3 aromatic rings. The molecule has 135 valence electrons. The molecule has 12 nitrogen and oxygen atoms in total. The summed E-state index contributed by atoms with van der Waals surface area (Å²) in [7, 11) is -4.72. The number of imidazole rings is 2. The average molecular weight is 394 g/mol. The molecule has 4 atom stereocenters. The van der Waals surface area contributed by atoms with Gasteiger partial charge < -0.3 is 24.7 Å². The fraction of sp³-hybridized carbons (Fsp3) is 0.417. The van der Waals surface area contributed by atoms with Crippen LogP contribution in [0.25, 0.3) is 16.8 Å². The van der Waals surface area contributed by atoms with Crippen molar-refractivity contribution in [1.29, 1.82) is 0 Å². The van der Waals surface area contributed by atoms with Crippen LogP contribution in [0.3, 0.4) is 0 Å². The van der Waals surface area contributed by atoms with Gasteiger partial charge in [0, 0.05) is 42.0 Å². The summed E-state index contributed by atoms with van der Waals surface area (Å²) in [5, 5.41) is 20.3. The molecule has 4 N–H and O–H groups in total. The number of phosphoric acid groups is 1. The maximum Gasteiger partial charge on any atom is 0.469 e. The van der Waals surface area contributed by atoms with Gasteiger partial charge in [-0.05, 0) is 0 Å². The second-order valence-electron chi connectivity index (χ2n) is 5.56. The Kier molecular flexibility index (Phi) is 5.53. The van der Waals surface area contributed by atoms with E-state index in [0.29, 0.717) is 16.8 Å². The van der Waals surface area contributed by atoms with Crippen LogP contribution in [0, 0.1) is 0 Å². The first kappa shape index (κ1) is 19.8. The Bertz CT molecular complexity index is 973. The first-order chi connectivity index (χ1) is 11.8. The fourth-order valence-corrected chi connectivity index (χ4v) is 3.14. The molecule has 1 unspecified atom stereocenters. The number of aliphatic hydroxyl groups is 2. The Balaban J connectivity index is 0.00000196. The molecule has 3 aromatic heterocycles. The number of fused-ring (bicyclic) bond motifs is 3. The van der Waals surface area contributed by atoms with Gasteiger partial charge in [0.2, 0.25) is 0 Å². The molecule has 1 saturated heterocycles. The van der Waals surface area contributed by atoms with Crippen LogP contribution in [-0.4, -0.2) is 98.4 Å². The number of ether oxygens (including phenoxy) is 1. The first-order valence-electron chi connectivity index (χ1n) is 7.21. The normalized spacial score (nSPS) is 26.5. The maximum atomic E-state index is 10.8. The van der Waals surface area contributed by atoms with Gasteiger partial charge in [-0.15, -0.1) is 0 Å². The number of hydrogen-bond donors (Lipinski definition) is 4. The van der Waals surface area contributed by atoms with E-state index >= 15 is 0 Å². The van der Waals surface area contributed by atoms with Gasteiger partial charge in [0.25, 0.3) is 0 Å². The van der Waals surface area contributed by atoms with E-state index in [1.165, 1.54) is 17.2 Å². The second-order valence-corrected chi connectivity index (χ2v) is 6.80. The van der Waals surface area contributed by atoms with Crippen molar-refractivity contribution in [2.24, 2.45) is 0 Å². The SMILES string of the molecule is O=P(O)(O)OC[C@H]1OC(n2cnc3c2ncn2ccnc32)[C@H](O)[C@@H]1O.[Na]. The monoisotopic (exact) mass is 394 g/mol. The summed E-state index contributed by atoms with van der Waals surface area (Å²) in [6.45, 7) is -0.580. The Morgan fingerprint density at radius 3 is 2.65 bits per heavy atom. The van der Waals surface area contributed by atoms with E-state index in [0.717, 1.165) is 0 Å². The minimum absolute atomic E-state index is 0. The smallest absolute Gasteiger partial charge is 0.387 e. The minimum atomic E-state index is -4.72. The van der Waals surface area contributed by atoms with Crippen LogP contribution in [0.4, 0.5) is 0 Å². The summed E-state index contributed by atoms with van der Waals surface area (Å²) in [4.78, 5) is 30.2. The van der Waals surface area contributed by atoms with Crippen molar-refractivity contribution in [3.05, 3.63) is 25.0 Å². The summed E-state index contributed by atoms with van der Waals surface area (Å²) in [5.41, 5.74) is 1.43.